The zero-order valence-corrected chi connectivity index (χ0v) is 12.5. The van der Waals surface area contributed by atoms with E-state index < -0.39 is 0 Å². The van der Waals surface area contributed by atoms with E-state index in [1.54, 1.807) is 4.52 Å². The van der Waals surface area contributed by atoms with Gasteiger partial charge in [0.15, 0.2) is 5.82 Å². The first-order valence-corrected chi connectivity index (χ1v) is 7.10. The van der Waals surface area contributed by atoms with E-state index in [4.69, 9.17) is 22.1 Å². The van der Waals surface area contributed by atoms with Crippen LogP contribution in [-0.4, -0.2) is 19.8 Å². The van der Waals surface area contributed by atoms with Crippen molar-refractivity contribution in [3.8, 4) is 5.75 Å². The van der Waals surface area contributed by atoms with Gasteiger partial charge < -0.3 is 10.5 Å². The average Bonchev–Trinajstić information content (AvgIpc) is 2.92. The van der Waals surface area contributed by atoms with Crippen LogP contribution in [0.5, 0.6) is 5.75 Å². The van der Waals surface area contributed by atoms with Gasteiger partial charge in [0.05, 0.1) is 0 Å². The van der Waals surface area contributed by atoms with Gasteiger partial charge in [-0.05, 0) is 37.1 Å². The number of aryl methyl sites for hydroxylation is 2. The number of aromatic nitrogens is 4. The molecule has 104 valence electrons. The second kappa shape index (κ2) is 4.92. The Morgan fingerprint density at radius 3 is 2.70 bits per heavy atom. The number of hydrogen-bond donors (Lipinski definition) is 1. The molecule has 0 amide bonds. The highest BCUT2D eigenvalue weighted by Crippen LogP contribution is 2.26. The van der Waals surface area contributed by atoms with Gasteiger partial charge in [-0.1, -0.05) is 22.9 Å². The van der Waals surface area contributed by atoms with Crippen LogP contribution in [0.15, 0.2) is 12.1 Å². The highest BCUT2D eigenvalue weighted by Gasteiger charge is 2.11. The second-order valence-electron chi connectivity index (χ2n) is 4.41. The maximum atomic E-state index is 6.13. The molecule has 0 aliphatic rings. The number of nitrogen functional groups attached to an aromatic ring is 1. The summed E-state index contributed by atoms with van der Waals surface area (Å²) in [4.78, 5) is 0.657. The molecule has 0 aliphatic carbocycles. The van der Waals surface area contributed by atoms with Crippen molar-refractivity contribution in [1.29, 1.82) is 0 Å². The molecule has 2 aromatic heterocycles. The second-order valence-corrected chi connectivity index (χ2v) is 5.78. The molecule has 0 spiro atoms. The third kappa shape index (κ3) is 2.30. The molecule has 0 atom stereocenters. The number of anilines is 1. The quantitative estimate of drug-likeness (QED) is 0.804. The first-order chi connectivity index (χ1) is 9.54. The molecule has 8 heteroatoms. The molecule has 3 rings (SSSR count). The van der Waals surface area contributed by atoms with E-state index in [1.165, 1.54) is 11.3 Å². The summed E-state index contributed by atoms with van der Waals surface area (Å²) in [5.41, 5.74) is 7.59. The lowest BCUT2D eigenvalue weighted by Gasteiger charge is -2.08. The number of fused-ring (bicyclic) bond motifs is 1. The maximum absolute atomic E-state index is 6.13. The molecule has 0 unspecified atom stereocenters. The van der Waals surface area contributed by atoms with Gasteiger partial charge in [0.2, 0.25) is 10.1 Å². The smallest absolute Gasteiger partial charge is 0.236 e. The third-order valence-corrected chi connectivity index (χ3v) is 4.17. The van der Waals surface area contributed by atoms with Crippen molar-refractivity contribution in [1.82, 2.24) is 19.8 Å². The Morgan fingerprint density at radius 2 is 2.00 bits per heavy atom. The summed E-state index contributed by atoms with van der Waals surface area (Å²) in [6.45, 7) is 4.15. The summed E-state index contributed by atoms with van der Waals surface area (Å²) in [6, 6.07) is 3.78. The van der Waals surface area contributed by atoms with E-state index in [-0.39, 0.29) is 6.61 Å². The van der Waals surface area contributed by atoms with Crippen LogP contribution in [0.4, 0.5) is 5.13 Å². The van der Waals surface area contributed by atoms with Gasteiger partial charge >= 0.3 is 0 Å². The third-order valence-electron chi connectivity index (χ3n) is 2.85. The molecule has 0 saturated carbocycles. The van der Waals surface area contributed by atoms with Crippen LogP contribution in [0.3, 0.4) is 0 Å². The van der Waals surface area contributed by atoms with E-state index in [0.717, 1.165) is 21.9 Å². The predicted molar refractivity (Wildman–Crippen MR) is 78.3 cm³/mol. The molecule has 1 aromatic carbocycles. The molecule has 3 aromatic rings. The van der Waals surface area contributed by atoms with E-state index in [0.29, 0.717) is 15.9 Å². The van der Waals surface area contributed by atoms with Crippen molar-refractivity contribution < 1.29 is 4.74 Å². The highest BCUT2D eigenvalue weighted by atomic mass is 35.5. The molecule has 20 heavy (non-hydrogen) atoms. The topological polar surface area (TPSA) is 78.3 Å². The lowest BCUT2D eigenvalue weighted by molar-refractivity contribution is 0.292. The summed E-state index contributed by atoms with van der Waals surface area (Å²) in [6.07, 6.45) is 0. The first kappa shape index (κ1) is 13.1. The Balaban J connectivity index is 1.82. The zero-order valence-electron chi connectivity index (χ0n) is 10.9. The Kier molecular flexibility index (Phi) is 3.23. The minimum atomic E-state index is 0.269. The fraction of sp³-hybridized carbons (Fsp3) is 0.250. The van der Waals surface area contributed by atoms with E-state index in [9.17, 15) is 0 Å². The van der Waals surface area contributed by atoms with Crippen molar-refractivity contribution >= 4 is 33.0 Å². The van der Waals surface area contributed by atoms with Crippen molar-refractivity contribution in [2.24, 2.45) is 0 Å². The number of halogens is 1. The summed E-state index contributed by atoms with van der Waals surface area (Å²) in [7, 11) is 0. The molecular formula is C12H12ClN5OS. The Labute approximate surface area is 124 Å². The number of benzene rings is 1. The zero-order chi connectivity index (χ0) is 14.3. The summed E-state index contributed by atoms with van der Waals surface area (Å²) >= 11 is 7.41. The van der Waals surface area contributed by atoms with Gasteiger partial charge in [-0.25, -0.2) is 0 Å². The van der Waals surface area contributed by atoms with Gasteiger partial charge in [-0.2, -0.15) is 4.52 Å². The SMILES string of the molecule is Cc1cc(OCc2nnc3sc(N)nn23)cc(C)c1Cl. The first-order valence-electron chi connectivity index (χ1n) is 5.90. The van der Waals surface area contributed by atoms with E-state index in [1.807, 2.05) is 26.0 Å². The standard InChI is InChI=1S/C12H12ClN5OS/c1-6-3-8(4-7(2)10(6)13)19-5-9-15-16-12-18(9)17-11(14)20-12/h3-4H,5H2,1-2H3,(H2,14,17). The van der Waals surface area contributed by atoms with E-state index in [2.05, 4.69) is 15.3 Å². The van der Waals surface area contributed by atoms with Gasteiger partial charge in [-0.15, -0.1) is 15.3 Å². The van der Waals surface area contributed by atoms with Crippen LogP contribution < -0.4 is 10.5 Å². The minimum Gasteiger partial charge on any atom is -0.486 e. The number of ether oxygens (including phenoxy) is 1. The number of nitrogens with two attached hydrogens (primary N) is 1. The molecule has 2 heterocycles. The molecule has 0 aliphatic heterocycles. The fourth-order valence-electron chi connectivity index (χ4n) is 1.90. The van der Waals surface area contributed by atoms with Gasteiger partial charge in [0.25, 0.3) is 0 Å². The number of nitrogens with zero attached hydrogens (tertiary/aromatic N) is 4. The Hall–Kier alpha value is -1.86. The highest BCUT2D eigenvalue weighted by molar-refractivity contribution is 7.20. The van der Waals surface area contributed by atoms with Gasteiger partial charge in [0, 0.05) is 5.02 Å². The lowest BCUT2D eigenvalue weighted by Crippen LogP contribution is -2.03. The van der Waals surface area contributed by atoms with Gasteiger partial charge in [-0.3, -0.25) is 0 Å². The normalized spacial score (nSPS) is 11.2. The fourth-order valence-corrected chi connectivity index (χ4v) is 2.63. The lowest BCUT2D eigenvalue weighted by atomic mass is 10.1. The number of hydrogen-bond acceptors (Lipinski definition) is 6. The molecule has 2 N–H and O–H groups in total. The number of rotatable bonds is 3. The van der Waals surface area contributed by atoms with Gasteiger partial charge in [0.1, 0.15) is 12.4 Å². The Morgan fingerprint density at radius 1 is 1.30 bits per heavy atom. The molecule has 0 bridgehead atoms. The van der Waals surface area contributed by atoms with Crippen LogP contribution >= 0.6 is 22.9 Å². The van der Waals surface area contributed by atoms with Crippen molar-refractivity contribution in [3.05, 3.63) is 34.1 Å². The molecule has 0 radical (unpaired) electrons. The average molecular weight is 310 g/mol. The summed E-state index contributed by atoms with van der Waals surface area (Å²) in [5, 5.41) is 13.4. The minimum absolute atomic E-state index is 0.269. The van der Waals surface area contributed by atoms with Crippen molar-refractivity contribution in [2.45, 2.75) is 20.5 Å². The maximum Gasteiger partial charge on any atom is 0.236 e. The Bertz CT molecular complexity index is 758. The van der Waals surface area contributed by atoms with E-state index >= 15 is 0 Å². The summed E-state index contributed by atoms with van der Waals surface area (Å²) in [5.74, 6) is 1.35. The molecule has 6 nitrogen and oxygen atoms in total. The predicted octanol–water partition coefficient (Wildman–Crippen LogP) is 2.62. The van der Waals surface area contributed by atoms with Crippen LogP contribution in [-0.2, 0) is 6.61 Å². The van der Waals surface area contributed by atoms with Crippen LogP contribution in [0, 0.1) is 13.8 Å². The molecule has 0 saturated heterocycles. The van der Waals surface area contributed by atoms with Crippen LogP contribution in [0.1, 0.15) is 17.0 Å². The van der Waals surface area contributed by atoms with Crippen molar-refractivity contribution in [2.75, 3.05) is 5.73 Å². The summed E-state index contributed by atoms with van der Waals surface area (Å²) < 4.78 is 7.32. The van der Waals surface area contributed by atoms with Crippen molar-refractivity contribution in [3.63, 3.8) is 0 Å². The largest absolute Gasteiger partial charge is 0.486 e. The molecule has 0 fully saturated rings. The van der Waals surface area contributed by atoms with Crippen LogP contribution in [0.2, 0.25) is 5.02 Å². The monoisotopic (exact) mass is 309 g/mol. The molecular weight excluding hydrogens is 298 g/mol. The van der Waals surface area contributed by atoms with Crippen LogP contribution in [0.25, 0.3) is 4.96 Å².